The lowest BCUT2D eigenvalue weighted by Gasteiger charge is -2.36. The Morgan fingerprint density at radius 2 is 1.86 bits per heavy atom. The molecular formula is C17H21BrN2O. The Bertz CT molecular complexity index is 526. The normalized spacial score (nSPS) is 29.0. The fourth-order valence-corrected chi connectivity index (χ4v) is 3.79. The van der Waals surface area contributed by atoms with Crippen LogP contribution >= 0.6 is 15.9 Å². The van der Waals surface area contributed by atoms with Crippen molar-refractivity contribution < 1.29 is 4.79 Å². The Morgan fingerprint density at radius 1 is 1.24 bits per heavy atom. The summed E-state index contributed by atoms with van der Waals surface area (Å²) in [4.78, 5) is 14.5. The third-order valence-corrected chi connectivity index (χ3v) is 5.27. The van der Waals surface area contributed by atoms with Gasteiger partial charge in [0.15, 0.2) is 0 Å². The molecule has 2 heterocycles. The molecule has 2 aliphatic rings. The number of fused-ring (bicyclic) bond motifs is 2. The van der Waals surface area contributed by atoms with Crippen molar-refractivity contribution in [3.63, 3.8) is 0 Å². The van der Waals surface area contributed by atoms with Gasteiger partial charge in [-0.25, -0.2) is 0 Å². The topological polar surface area (TPSA) is 32.3 Å². The number of halogens is 1. The van der Waals surface area contributed by atoms with Gasteiger partial charge in [-0.15, -0.1) is 0 Å². The third-order valence-electron chi connectivity index (χ3n) is 4.74. The number of benzene rings is 1. The highest BCUT2D eigenvalue weighted by molar-refractivity contribution is 9.10. The number of piperidine rings is 1. The smallest absolute Gasteiger partial charge is 0.244 e. The van der Waals surface area contributed by atoms with E-state index in [4.69, 9.17) is 0 Å². The summed E-state index contributed by atoms with van der Waals surface area (Å²) in [6.45, 7) is 0. The van der Waals surface area contributed by atoms with Crippen molar-refractivity contribution in [1.29, 1.82) is 0 Å². The first-order valence-corrected chi connectivity index (χ1v) is 8.37. The molecule has 2 unspecified atom stereocenters. The van der Waals surface area contributed by atoms with Gasteiger partial charge >= 0.3 is 0 Å². The fourth-order valence-electron chi connectivity index (χ4n) is 3.52. The molecule has 2 fully saturated rings. The number of amides is 1. The molecule has 0 spiro atoms. The van der Waals surface area contributed by atoms with Crippen LogP contribution in [-0.2, 0) is 4.79 Å². The monoisotopic (exact) mass is 348 g/mol. The van der Waals surface area contributed by atoms with Crippen LogP contribution in [0.1, 0.15) is 31.2 Å². The van der Waals surface area contributed by atoms with E-state index in [0.29, 0.717) is 18.1 Å². The van der Waals surface area contributed by atoms with Crippen LogP contribution in [-0.4, -0.2) is 36.0 Å². The van der Waals surface area contributed by atoms with E-state index in [1.165, 1.54) is 12.8 Å². The Balaban J connectivity index is 1.54. The predicted molar refractivity (Wildman–Crippen MR) is 88.9 cm³/mol. The van der Waals surface area contributed by atoms with Gasteiger partial charge < -0.3 is 10.2 Å². The molecule has 3 nitrogen and oxygen atoms in total. The molecule has 2 bridgehead atoms. The molecule has 2 atom stereocenters. The molecule has 0 aromatic heterocycles. The summed E-state index contributed by atoms with van der Waals surface area (Å²) in [7, 11) is 2.22. The minimum atomic E-state index is 0.0203. The summed E-state index contributed by atoms with van der Waals surface area (Å²) in [6, 6.07) is 9.58. The molecule has 0 aliphatic carbocycles. The maximum Gasteiger partial charge on any atom is 0.244 e. The van der Waals surface area contributed by atoms with Gasteiger partial charge in [-0.05, 0) is 56.5 Å². The first-order chi connectivity index (χ1) is 10.1. The number of carbonyl (C=O) groups is 1. The van der Waals surface area contributed by atoms with E-state index in [1.807, 2.05) is 30.3 Å². The first kappa shape index (κ1) is 14.8. The number of nitrogens with zero attached hydrogens (tertiary/aromatic N) is 1. The average molecular weight is 349 g/mol. The zero-order valence-corrected chi connectivity index (χ0v) is 13.8. The number of nitrogens with one attached hydrogen (secondary N) is 1. The number of hydrogen-bond acceptors (Lipinski definition) is 2. The third kappa shape index (κ3) is 3.55. The predicted octanol–water partition coefficient (Wildman–Crippen LogP) is 3.20. The molecule has 1 N–H and O–H groups in total. The molecule has 2 saturated heterocycles. The molecule has 0 saturated carbocycles. The van der Waals surface area contributed by atoms with E-state index in [-0.39, 0.29) is 5.91 Å². The van der Waals surface area contributed by atoms with Gasteiger partial charge in [0, 0.05) is 28.7 Å². The number of rotatable bonds is 3. The summed E-state index contributed by atoms with van der Waals surface area (Å²) >= 11 is 3.41. The largest absolute Gasteiger partial charge is 0.350 e. The lowest BCUT2D eigenvalue weighted by atomic mass is 9.98. The van der Waals surface area contributed by atoms with E-state index in [1.54, 1.807) is 6.08 Å². The second kappa shape index (κ2) is 6.32. The standard InChI is InChI=1S/C17H21BrN2O/c1-20-15-7-8-16(20)11-14(10-15)19-17(21)9-4-12-2-5-13(18)6-3-12/h2-6,9,14-16H,7-8,10-11H2,1H3,(H,19,21). The number of hydrogen-bond donors (Lipinski definition) is 1. The quantitative estimate of drug-likeness (QED) is 0.850. The van der Waals surface area contributed by atoms with Crippen LogP contribution in [0.4, 0.5) is 0 Å². The Morgan fingerprint density at radius 3 is 2.48 bits per heavy atom. The highest BCUT2D eigenvalue weighted by Crippen LogP contribution is 2.34. The van der Waals surface area contributed by atoms with E-state index in [2.05, 4.69) is 33.2 Å². The number of carbonyl (C=O) groups excluding carboxylic acids is 1. The van der Waals surface area contributed by atoms with Crippen molar-refractivity contribution in [2.45, 2.75) is 43.8 Å². The second-order valence-corrected chi connectivity index (χ2v) is 7.03. The Labute approximate surface area is 134 Å². The average Bonchev–Trinajstić information content (AvgIpc) is 2.69. The van der Waals surface area contributed by atoms with Crippen LogP contribution < -0.4 is 5.32 Å². The van der Waals surface area contributed by atoms with Gasteiger partial charge in [0.1, 0.15) is 0 Å². The summed E-state index contributed by atoms with van der Waals surface area (Å²) in [5.41, 5.74) is 1.04. The summed E-state index contributed by atoms with van der Waals surface area (Å²) in [5, 5.41) is 3.16. The first-order valence-electron chi connectivity index (χ1n) is 7.58. The molecule has 2 aliphatic heterocycles. The van der Waals surface area contributed by atoms with Crippen molar-refractivity contribution in [3.8, 4) is 0 Å². The van der Waals surface area contributed by atoms with Gasteiger partial charge in [-0.3, -0.25) is 4.79 Å². The van der Waals surface area contributed by atoms with Gasteiger partial charge in [-0.2, -0.15) is 0 Å². The van der Waals surface area contributed by atoms with E-state index in [9.17, 15) is 4.79 Å². The molecule has 4 heteroatoms. The maximum atomic E-state index is 12.0. The minimum Gasteiger partial charge on any atom is -0.350 e. The van der Waals surface area contributed by atoms with E-state index in [0.717, 1.165) is 22.9 Å². The van der Waals surface area contributed by atoms with Gasteiger partial charge in [0.05, 0.1) is 0 Å². The van der Waals surface area contributed by atoms with Gasteiger partial charge in [0.25, 0.3) is 0 Å². The van der Waals surface area contributed by atoms with Crippen molar-refractivity contribution >= 4 is 27.9 Å². The molecule has 0 radical (unpaired) electrons. The SMILES string of the molecule is CN1C2CCC1CC(NC(=O)C=Cc1ccc(Br)cc1)C2. The molecular weight excluding hydrogens is 328 g/mol. The molecule has 1 amide bonds. The molecule has 21 heavy (non-hydrogen) atoms. The fraction of sp³-hybridized carbons (Fsp3) is 0.471. The Kier molecular flexibility index (Phi) is 4.45. The van der Waals surface area contributed by atoms with Crippen LogP contribution in [0.15, 0.2) is 34.8 Å². The zero-order chi connectivity index (χ0) is 14.8. The minimum absolute atomic E-state index is 0.0203. The lowest BCUT2D eigenvalue weighted by Crippen LogP contribution is -2.48. The lowest BCUT2D eigenvalue weighted by molar-refractivity contribution is -0.117. The highest BCUT2D eigenvalue weighted by Gasteiger charge is 2.38. The van der Waals surface area contributed by atoms with Crippen molar-refractivity contribution in [1.82, 2.24) is 10.2 Å². The highest BCUT2D eigenvalue weighted by atomic mass is 79.9. The molecule has 1 aromatic carbocycles. The van der Waals surface area contributed by atoms with E-state index >= 15 is 0 Å². The van der Waals surface area contributed by atoms with Crippen molar-refractivity contribution in [2.24, 2.45) is 0 Å². The second-order valence-electron chi connectivity index (χ2n) is 6.11. The van der Waals surface area contributed by atoms with Crippen LogP contribution in [0.5, 0.6) is 0 Å². The Hall–Kier alpha value is -1.13. The van der Waals surface area contributed by atoms with Gasteiger partial charge in [0.2, 0.25) is 5.91 Å². The summed E-state index contributed by atoms with van der Waals surface area (Å²) in [6.07, 6.45) is 8.25. The van der Waals surface area contributed by atoms with Crippen molar-refractivity contribution in [2.75, 3.05) is 7.05 Å². The molecule has 112 valence electrons. The maximum absolute atomic E-state index is 12.0. The van der Waals surface area contributed by atoms with Crippen LogP contribution in [0.25, 0.3) is 6.08 Å². The van der Waals surface area contributed by atoms with Crippen LogP contribution in [0, 0.1) is 0 Å². The van der Waals surface area contributed by atoms with Crippen molar-refractivity contribution in [3.05, 3.63) is 40.4 Å². The summed E-state index contributed by atoms with van der Waals surface area (Å²) < 4.78 is 1.05. The van der Waals surface area contributed by atoms with Crippen LogP contribution in [0.2, 0.25) is 0 Å². The molecule has 3 rings (SSSR count). The zero-order valence-electron chi connectivity index (χ0n) is 12.3. The molecule has 1 aromatic rings. The van der Waals surface area contributed by atoms with Gasteiger partial charge in [-0.1, -0.05) is 28.1 Å². The summed E-state index contributed by atoms with van der Waals surface area (Å²) in [5.74, 6) is 0.0203. The van der Waals surface area contributed by atoms with E-state index < -0.39 is 0 Å². The van der Waals surface area contributed by atoms with Crippen LogP contribution in [0.3, 0.4) is 0 Å².